The zero-order chi connectivity index (χ0) is 16.9. The minimum Gasteiger partial charge on any atom is -0.463 e. The van der Waals surface area contributed by atoms with Crippen LogP contribution in [-0.4, -0.2) is 27.6 Å². The molecule has 3 aromatic rings. The van der Waals surface area contributed by atoms with Gasteiger partial charge in [-0.3, -0.25) is 9.59 Å². The molecule has 122 valence electrons. The van der Waals surface area contributed by atoms with Gasteiger partial charge in [0.05, 0.1) is 6.26 Å². The Morgan fingerprint density at radius 3 is 2.62 bits per heavy atom. The van der Waals surface area contributed by atoms with Crippen LogP contribution in [0.25, 0.3) is 11.5 Å². The van der Waals surface area contributed by atoms with E-state index in [1.54, 1.807) is 30.1 Å². The molecule has 2 aromatic heterocycles. The average Bonchev–Trinajstić information content (AvgIpc) is 3.12. The van der Waals surface area contributed by atoms with Gasteiger partial charge in [-0.05, 0) is 23.8 Å². The summed E-state index contributed by atoms with van der Waals surface area (Å²) in [5, 5.41) is 4.21. The highest BCUT2D eigenvalue weighted by Crippen LogP contribution is 2.15. The molecule has 0 unspecified atom stereocenters. The van der Waals surface area contributed by atoms with Crippen molar-refractivity contribution in [3.8, 4) is 11.5 Å². The zero-order valence-corrected chi connectivity index (χ0v) is 13.3. The minimum absolute atomic E-state index is 0.114. The van der Waals surface area contributed by atoms with E-state index in [0.717, 1.165) is 10.2 Å². The van der Waals surface area contributed by atoms with E-state index in [4.69, 9.17) is 4.42 Å². The summed E-state index contributed by atoms with van der Waals surface area (Å²) in [4.78, 5) is 25.9. The third kappa shape index (κ3) is 3.60. The molecule has 6 nitrogen and oxygen atoms in total. The Morgan fingerprint density at radius 1 is 1.12 bits per heavy atom. The summed E-state index contributed by atoms with van der Waals surface area (Å²) in [5.74, 6) is 0.360. The molecule has 3 rings (SSSR count). The van der Waals surface area contributed by atoms with E-state index in [0.29, 0.717) is 18.0 Å². The SMILES string of the molecule is CN(Cc1ccccc1)C(=O)Cn1nc(-c2ccco2)ccc1=O. The Balaban J connectivity index is 1.74. The first kappa shape index (κ1) is 15.7. The maximum absolute atomic E-state index is 12.4. The molecule has 1 aromatic carbocycles. The van der Waals surface area contributed by atoms with Crippen molar-refractivity contribution in [2.75, 3.05) is 7.05 Å². The molecule has 1 amide bonds. The molecular weight excluding hydrogens is 306 g/mol. The van der Waals surface area contributed by atoms with E-state index >= 15 is 0 Å². The fourth-order valence-corrected chi connectivity index (χ4v) is 2.31. The van der Waals surface area contributed by atoms with Crippen LogP contribution in [0.1, 0.15) is 5.56 Å². The molecule has 0 aliphatic heterocycles. The maximum atomic E-state index is 12.4. The van der Waals surface area contributed by atoms with Crippen LogP contribution in [0.4, 0.5) is 0 Å². The van der Waals surface area contributed by atoms with E-state index in [-0.39, 0.29) is 18.0 Å². The number of likely N-dealkylation sites (N-methyl/N-ethyl adjacent to an activating group) is 1. The molecule has 0 aliphatic carbocycles. The average molecular weight is 323 g/mol. The van der Waals surface area contributed by atoms with Crippen molar-refractivity contribution in [3.63, 3.8) is 0 Å². The second-order valence-corrected chi connectivity index (χ2v) is 5.43. The van der Waals surface area contributed by atoms with Gasteiger partial charge in [-0.25, -0.2) is 4.68 Å². The summed E-state index contributed by atoms with van der Waals surface area (Å²) < 4.78 is 6.43. The lowest BCUT2D eigenvalue weighted by atomic mass is 10.2. The van der Waals surface area contributed by atoms with Gasteiger partial charge in [0.1, 0.15) is 12.2 Å². The van der Waals surface area contributed by atoms with Crippen LogP contribution in [-0.2, 0) is 17.9 Å². The van der Waals surface area contributed by atoms with Gasteiger partial charge in [0, 0.05) is 19.7 Å². The fraction of sp³-hybridized carbons (Fsp3) is 0.167. The Bertz CT molecular complexity index is 870. The number of rotatable bonds is 5. The van der Waals surface area contributed by atoms with Crippen LogP contribution >= 0.6 is 0 Å². The lowest BCUT2D eigenvalue weighted by molar-refractivity contribution is -0.131. The summed E-state index contributed by atoms with van der Waals surface area (Å²) in [6.07, 6.45) is 1.53. The number of carbonyl (C=O) groups is 1. The molecule has 0 spiro atoms. The Hall–Kier alpha value is -3.15. The molecular formula is C18H17N3O3. The van der Waals surface area contributed by atoms with Crippen molar-refractivity contribution in [2.45, 2.75) is 13.1 Å². The van der Waals surface area contributed by atoms with E-state index in [9.17, 15) is 9.59 Å². The van der Waals surface area contributed by atoms with Crippen LogP contribution in [0.15, 0.2) is 70.1 Å². The monoisotopic (exact) mass is 323 g/mol. The Labute approximate surface area is 139 Å². The smallest absolute Gasteiger partial charge is 0.267 e. The summed E-state index contributed by atoms with van der Waals surface area (Å²) in [6.45, 7) is 0.364. The van der Waals surface area contributed by atoms with Gasteiger partial charge in [-0.1, -0.05) is 30.3 Å². The quantitative estimate of drug-likeness (QED) is 0.721. The Kier molecular flexibility index (Phi) is 4.56. The lowest BCUT2D eigenvalue weighted by Gasteiger charge is -2.17. The molecule has 0 saturated heterocycles. The van der Waals surface area contributed by atoms with E-state index in [1.165, 1.54) is 12.3 Å². The predicted octanol–water partition coefficient (Wildman–Crippen LogP) is 2.16. The fourth-order valence-electron chi connectivity index (χ4n) is 2.31. The van der Waals surface area contributed by atoms with Crippen molar-refractivity contribution >= 4 is 5.91 Å². The summed E-state index contributed by atoms with van der Waals surface area (Å²) in [5.41, 5.74) is 1.21. The van der Waals surface area contributed by atoms with Crippen LogP contribution in [0, 0.1) is 0 Å². The number of furan rings is 1. The van der Waals surface area contributed by atoms with Crippen molar-refractivity contribution in [2.24, 2.45) is 0 Å². The number of hydrogen-bond acceptors (Lipinski definition) is 4. The molecule has 24 heavy (non-hydrogen) atoms. The van der Waals surface area contributed by atoms with Gasteiger partial charge in [0.2, 0.25) is 5.91 Å². The summed E-state index contributed by atoms with van der Waals surface area (Å²) in [6, 6.07) is 16.1. The maximum Gasteiger partial charge on any atom is 0.267 e. The molecule has 0 N–H and O–H groups in total. The number of carbonyl (C=O) groups excluding carboxylic acids is 1. The van der Waals surface area contributed by atoms with Crippen molar-refractivity contribution < 1.29 is 9.21 Å². The van der Waals surface area contributed by atoms with Gasteiger partial charge in [-0.2, -0.15) is 5.10 Å². The molecule has 0 aliphatic rings. The van der Waals surface area contributed by atoms with E-state index < -0.39 is 0 Å². The number of hydrogen-bond donors (Lipinski definition) is 0. The highest BCUT2D eigenvalue weighted by molar-refractivity contribution is 5.75. The van der Waals surface area contributed by atoms with Crippen LogP contribution in [0.5, 0.6) is 0 Å². The third-order valence-electron chi connectivity index (χ3n) is 3.61. The largest absolute Gasteiger partial charge is 0.463 e. The zero-order valence-electron chi connectivity index (χ0n) is 13.3. The van der Waals surface area contributed by atoms with Gasteiger partial charge in [0.25, 0.3) is 5.56 Å². The highest BCUT2D eigenvalue weighted by atomic mass is 16.3. The standard InChI is InChI=1S/C18H17N3O3/c1-20(12-14-6-3-2-4-7-14)18(23)13-21-17(22)10-9-15(19-21)16-8-5-11-24-16/h2-11H,12-13H2,1H3. The topological polar surface area (TPSA) is 68.3 Å². The number of amides is 1. The molecule has 2 heterocycles. The predicted molar refractivity (Wildman–Crippen MR) is 89.1 cm³/mol. The molecule has 0 fully saturated rings. The van der Waals surface area contributed by atoms with E-state index in [1.807, 2.05) is 30.3 Å². The van der Waals surface area contributed by atoms with Gasteiger partial charge in [-0.15, -0.1) is 0 Å². The van der Waals surface area contributed by atoms with Crippen molar-refractivity contribution in [1.29, 1.82) is 0 Å². The molecule has 6 heteroatoms. The summed E-state index contributed by atoms with van der Waals surface area (Å²) in [7, 11) is 1.71. The van der Waals surface area contributed by atoms with Crippen LogP contribution in [0.2, 0.25) is 0 Å². The van der Waals surface area contributed by atoms with Crippen LogP contribution < -0.4 is 5.56 Å². The first-order valence-electron chi connectivity index (χ1n) is 7.53. The molecule has 0 bridgehead atoms. The van der Waals surface area contributed by atoms with Crippen LogP contribution in [0.3, 0.4) is 0 Å². The van der Waals surface area contributed by atoms with E-state index in [2.05, 4.69) is 5.10 Å². The number of benzene rings is 1. The van der Waals surface area contributed by atoms with Crippen molar-refractivity contribution in [3.05, 3.63) is 76.8 Å². The van der Waals surface area contributed by atoms with Gasteiger partial charge >= 0.3 is 0 Å². The molecule has 0 atom stereocenters. The molecule has 0 saturated carbocycles. The van der Waals surface area contributed by atoms with Crippen molar-refractivity contribution in [1.82, 2.24) is 14.7 Å². The first-order chi connectivity index (χ1) is 11.6. The number of nitrogens with zero attached hydrogens (tertiary/aromatic N) is 3. The lowest BCUT2D eigenvalue weighted by Crippen LogP contribution is -2.34. The highest BCUT2D eigenvalue weighted by Gasteiger charge is 2.13. The third-order valence-corrected chi connectivity index (χ3v) is 3.61. The second-order valence-electron chi connectivity index (χ2n) is 5.43. The number of aromatic nitrogens is 2. The normalized spacial score (nSPS) is 10.5. The van der Waals surface area contributed by atoms with Gasteiger partial charge in [0.15, 0.2) is 5.76 Å². The first-order valence-corrected chi connectivity index (χ1v) is 7.53. The Morgan fingerprint density at radius 2 is 1.92 bits per heavy atom. The molecule has 0 radical (unpaired) electrons. The second kappa shape index (κ2) is 6.95. The minimum atomic E-state index is -0.327. The van der Waals surface area contributed by atoms with Gasteiger partial charge < -0.3 is 9.32 Å². The summed E-state index contributed by atoms with van der Waals surface area (Å²) >= 11 is 0.